The van der Waals surface area contributed by atoms with Gasteiger partial charge in [0, 0.05) is 10.1 Å². The molecular weight excluding hydrogens is 599 g/mol. The molecule has 0 atom stereocenters. The largest absolute Gasteiger partial charge is 0.435 e. The second-order valence-corrected chi connectivity index (χ2v) is 11.9. The van der Waals surface area contributed by atoms with Gasteiger partial charge in [-0.15, -0.1) is 0 Å². The number of alkyl halides is 7. The fourth-order valence-electron chi connectivity index (χ4n) is 1.17. The Labute approximate surface area is 147 Å². The summed E-state index contributed by atoms with van der Waals surface area (Å²) >= 11 is 15.8. The molecule has 0 N–H and O–H groups in total. The first-order chi connectivity index (χ1) is 7.92. The minimum atomic E-state index is -4.52. The van der Waals surface area contributed by atoms with E-state index in [1.165, 1.54) is 0 Å². The molecule has 10 heteroatoms. The van der Waals surface area contributed by atoms with E-state index in [1.807, 2.05) is 0 Å². The Bertz CT molecular complexity index is 474. The van der Waals surface area contributed by atoms with Crippen LogP contribution in [0.25, 0.3) is 4.85 Å². The van der Waals surface area contributed by atoms with Crippen LogP contribution in [-0.4, -0.2) is 12.0 Å². The van der Waals surface area contributed by atoms with Crippen LogP contribution in [0.4, 0.5) is 13.2 Å². The minimum Gasteiger partial charge on any atom is -0.230 e. The lowest BCUT2D eigenvalue weighted by molar-refractivity contribution is -0.0321. The SMILES string of the molecule is [C-]#[N+]/C(SC(F)(F)F)=C1/C(Br)(Br)C=C(Br)C1(Br)Br. The molecule has 0 heterocycles. The van der Waals surface area contributed by atoms with Crippen molar-refractivity contribution in [1.29, 1.82) is 0 Å². The molecular formula is C8HBr5F3NS. The number of hydrogen-bond donors (Lipinski definition) is 0. The van der Waals surface area contributed by atoms with Gasteiger partial charge in [0.1, 0.15) is 6.47 Å². The van der Waals surface area contributed by atoms with Gasteiger partial charge in [0.2, 0.25) is 5.03 Å². The van der Waals surface area contributed by atoms with Crippen molar-refractivity contribution in [2.45, 2.75) is 12.0 Å². The van der Waals surface area contributed by atoms with E-state index in [0.29, 0.717) is 4.48 Å². The van der Waals surface area contributed by atoms with Crippen molar-refractivity contribution in [3.05, 3.63) is 32.6 Å². The first kappa shape index (κ1) is 17.6. The van der Waals surface area contributed by atoms with Crippen LogP contribution in [0, 0.1) is 6.57 Å². The van der Waals surface area contributed by atoms with Gasteiger partial charge in [-0.2, -0.15) is 13.2 Å². The number of nitrogens with zero attached hydrogens (tertiary/aromatic N) is 1. The van der Waals surface area contributed by atoms with Gasteiger partial charge in [-0.05, 0) is 17.8 Å². The highest BCUT2D eigenvalue weighted by Gasteiger charge is 2.51. The molecule has 0 spiro atoms. The van der Waals surface area contributed by atoms with Gasteiger partial charge < -0.3 is 0 Å². The minimum absolute atomic E-state index is 0.180. The van der Waals surface area contributed by atoms with Gasteiger partial charge in [0.25, 0.3) is 0 Å². The van der Waals surface area contributed by atoms with E-state index < -0.39 is 28.8 Å². The van der Waals surface area contributed by atoms with Crippen molar-refractivity contribution in [2.24, 2.45) is 0 Å². The van der Waals surface area contributed by atoms with Crippen molar-refractivity contribution in [3.63, 3.8) is 0 Å². The highest BCUT2D eigenvalue weighted by molar-refractivity contribution is 9.27. The van der Waals surface area contributed by atoms with E-state index >= 15 is 0 Å². The van der Waals surface area contributed by atoms with Crippen LogP contribution in [0.1, 0.15) is 0 Å². The van der Waals surface area contributed by atoms with Crippen molar-refractivity contribution in [3.8, 4) is 0 Å². The lowest BCUT2D eigenvalue weighted by Crippen LogP contribution is -2.21. The van der Waals surface area contributed by atoms with Crippen LogP contribution >= 0.6 is 91.4 Å². The zero-order valence-electron chi connectivity index (χ0n) is 7.96. The molecule has 0 aromatic carbocycles. The molecule has 0 saturated carbocycles. The summed E-state index contributed by atoms with van der Waals surface area (Å²) in [5.41, 5.74) is -4.34. The Kier molecular flexibility index (Phi) is 5.58. The molecule has 0 saturated heterocycles. The Morgan fingerprint density at radius 2 is 1.78 bits per heavy atom. The maximum absolute atomic E-state index is 12.4. The summed E-state index contributed by atoms with van der Waals surface area (Å²) in [5, 5.41) is -0.462. The number of allylic oxidation sites excluding steroid dienone is 3. The molecule has 0 fully saturated rings. The topological polar surface area (TPSA) is 4.36 Å². The second kappa shape index (κ2) is 5.72. The van der Waals surface area contributed by atoms with Crippen LogP contribution in [0.5, 0.6) is 0 Å². The van der Waals surface area contributed by atoms with Crippen LogP contribution < -0.4 is 0 Å². The highest BCUT2D eigenvalue weighted by Crippen LogP contribution is 2.62. The summed E-state index contributed by atoms with van der Waals surface area (Å²) in [6.45, 7) is 6.95. The molecule has 0 bridgehead atoms. The fourth-order valence-corrected chi connectivity index (χ4v) is 7.25. The number of rotatable bonds is 1. The zero-order valence-corrected chi connectivity index (χ0v) is 16.7. The zero-order chi connectivity index (χ0) is 14.4. The van der Waals surface area contributed by atoms with Gasteiger partial charge in [0.05, 0.1) is 6.57 Å². The van der Waals surface area contributed by atoms with E-state index in [-0.39, 0.29) is 5.57 Å². The van der Waals surface area contributed by atoms with Gasteiger partial charge in [-0.3, -0.25) is 0 Å². The Morgan fingerprint density at radius 1 is 1.28 bits per heavy atom. The van der Waals surface area contributed by atoms with Crippen LogP contribution in [0.2, 0.25) is 0 Å². The van der Waals surface area contributed by atoms with Crippen molar-refractivity contribution in [1.82, 2.24) is 0 Å². The molecule has 0 radical (unpaired) electrons. The first-order valence-corrected chi connectivity index (χ1v) is 8.73. The molecule has 1 nitrogen and oxygen atoms in total. The monoisotopic (exact) mass is 595 g/mol. The highest BCUT2D eigenvalue weighted by atomic mass is 79.9. The Balaban J connectivity index is 3.41. The summed E-state index contributed by atoms with van der Waals surface area (Å²) in [4.78, 5) is 2.98. The average molecular weight is 600 g/mol. The average Bonchev–Trinajstić information content (AvgIpc) is 2.27. The van der Waals surface area contributed by atoms with Gasteiger partial charge in [0.15, 0.2) is 0 Å². The third kappa shape index (κ3) is 3.79. The third-order valence-electron chi connectivity index (χ3n) is 1.78. The van der Waals surface area contributed by atoms with Gasteiger partial charge >= 0.3 is 5.51 Å². The quantitative estimate of drug-likeness (QED) is 0.242. The summed E-state index contributed by atoms with van der Waals surface area (Å²) < 4.78 is 35.8. The summed E-state index contributed by atoms with van der Waals surface area (Å²) in [5.74, 6) is 0. The second-order valence-electron chi connectivity index (χ2n) is 3.03. The number of hydrogen-bond acceptors (Lipinski definition) is 1. The number of thioether (sulfide) groups is 1. The third-order valence-corrected chi connectivity index (χ3v) is 7.29. The van der Waals surface area contributed by atoms with Crippen molar-refractivity contribution >= 4 is 91.4 Å². The van der Waals surface area contributed by atoms with E-state index in [0.717, 1.165) is 0 Å². The predicted molar refractivity (Wildman–Crippen MR) is 85.5 cm³/mol. The lowest BCUT2D eigenvalue weighted by Gasteiger charge is -2.25. The molecule has 0 aromatic heterocycles. The molecule has 0 unspecified atom stereocenters. The normalized spacial score (nSPS) is 24.5. The standard InChI is InChI=1S/C8HBr5F3NS/c1-17-5(18-8(14,15)16)4-6(10,11)2-3(9)7(4,12)13/h2H/b5-4+. The van der Waals surface area contributed by atoms with Gasteiger partial charge in [-0.25, -0.2) is 4.85 Å². The maximum Gasteiger partial charge on any atom is 0.435 e. The van der Waals surface area contributed by atoms with E-state index in [4.69, 9.17) is 6.57 Å². The lowest BCUT2D eigenvalue weighted by atomic mass is 10.2. The summed E-state index contributed by atoms with van der Waals surface area (Å²) in [7, 11) is 0. The van der Waals surface area contributed by atoms with Crippen LogP contribution in [0.15, 0.2) is 21.2 Å². The molecule has 0 aliphatic heterocycles. The molecule has 18 heavy (non-hydrogen) atoms. The molecule has 1 aliphatic carbocycles. The molecule has 1 aliphatic rings. The molecule has 1 rings (SSSR count). The fraction of sp³-hybridized carbons (Fsp3) is 0.375. The van der Waals surface area contributed by atoms with E-state index in [2.05, 4.69) is 84.5 Å². The van der Waals surface area contributed by atoms with Crippen molar-refractivity contribution in [2.75, 3.05) is 0 Å². The van der Waals surface area contributed by atoms with Gasteiger partial charge in [-0.1, -0.05) is 79.6 Å². The molecule has 0 amide bonds. The van der Waals surface area contributed by atoms with Crippen LogP contribution in [0.3, 0.4) is 0 Å². The molecule has 100 valence electrons. The first-order valence-electron chi connectivity index (χ1n) is 3.94. The van der Waals surface area contributed by atoms with Crippen LogP contribution in [-0.2, 0) is 0 Å². The smallest absolute Gasteiger partial charge is 0.230 e. The van der Waals surface area contributed by atoms with E-state index in [1.54, 1.807) is 6.08 Å². The summed E-state index contributed by atoms with van der Waals surface area (Å²) in [6.07, 6.45) is 1.61. The maximum atomic E-state index is 12.4. The summed E-state index contributed by atoms with van der Waals surface area (Å²) in [6, 6.07) is 0. The molecule has 0 aromatic rings. The van der Waals surface area contributed by atoms with Crippen molar-refractivity contribution < 1.29 is 13.2 Å². The van der Waals surface area contributed by atoms with E-state index in [9.17, 15) is 13.2 Å². The predicted octanol–water partition coefficient (Wildman–Crippen LogP) is 6.63. The Hall–Kier alpha value is 1.51. The number of halogens is 8. The Morgan fingerprint density at radius 3 is 2.06 bits per heavy atom.